The van der Waals surface area contributed by atoms with Crippen molar-refractivity contribution in [1.29, 1.82) is 0 Å². The van der Waals surface area contributed by atoms with E-state index in [4.69, 9.17) is 4.74 Å². The molecule has 0 aliphatic heterocycles. The molecular formula is C23H18BrFN2O3. The lowest BCUT2D eigenvalue weighted by Gasteiger charge is -2.12. The molecule has 3 aromatic carbocycles. The smallest absolute Gasteiger partial charge is 0.272 e. The van der Waals surface area contributed by atoms with Crippen LogP contribution in [0.5, 0.6) is 5.75 Å². The highest BCUT2D eigenvalue weighted by molar-refractivity contribution is 9.10. The van der Waals surface area contributed by atoms with Crippen molar-refractivity contribution in [2.75, 3.05) is 12.4 Å². The molecule has 0 spiro atoms. The molecule has 0 saturated heterocycles. The maximum atomic E-state index is 14.0. The lowest BCUT2D eigenvalue weighted by molar-refractivity contribution is -0.113. The van der Waals surface area contributed by atoms with E-state index in [1.54, 1.807) is 49.6 Å². The molecule has 2 amide bonds. The van der Waals surface area contributed by atoms with Crippen LogP contribution in [0.25, 0.3) is 6.08 Å². The molecule has 0 fully saturated rings. The Morgan fingerprint density at radius 3 is 2.27 bits per heavy atom. The average Bonchev–Trinajstić information content (AvgIpc) is 2.75. The van der Waals surface area contributed by atoms with E-state index in [9.17, 15) is 14.0 Å². The van der Waals surface area contributed by atoms with E-state index < -0.39 is 17.6 Å². The van der Waals surface area contributed by atoms with Crippen LogP contribution in [0.15, 0.2) is 83.0 Å². The molecule has 152 valence electrons. The Bertz CT molecular complexity index is 1080. The summed E-state index contributed by atoms with van der Waals surface area (Å²) in [5.41, 5.74) is 1.02. The minimum absolute atomic E-state index is 0.0265. The summed E-state index contributed by atoms with van der Waals surface area (Å²) in [5, 5.41) is 5.23. The predicted molar refractivity (Wildman–Crippen MR) is 118 cm³/mol. The maximum absolute atomic E-state index is 14.0. The van der Waals surface area contributed by atoms with Crippen molar-refractivity contribution < 1.29 is 18.7 Å². The zero-order chi connectivity index (χ0) is 21.5. The molecule has 0 heterocycles. The minimum Gasteiger partial charge on any atom is -0.497 e. The van der Waals surface area contributed by atoms with Gasteiger partial charge in [-0.2, -0.15) is 0 Å². The van der Waals surface area contributed by atoms with Gasteiger partial charge in [-0.15, -0.1) is 0 Å². The third-order valence-electron chi connectivity index (χ3n) is 4.14. The fourth-order valence-electron chi connectivity index (χ4n) is 2.59. The topological polar surface area (TPSA) is 67.4 Å². The summed E-state index contributed by atoms with van der Waals surface area (Å²) in [4.78, 5) is 25.4. The molecule has 2 N–H and O–H groups in total. The van der Waals surface area contributed by atoms with Crippen molar-refractivity contribution in [3.8, 4) is 5.75 Å². The van der Waals surface area contributed by atoms with E-state index in [0.29, 0.717) is 17.0 Å². The van der Waals surface area contributed by atoms with Crippen LogP contribution in [-0.2, 0) is 4.79 Å². The van der Waals surface area contributed by atoms with Crippen LogP contribution in [0.2, 0.25) is 0 Å². The SMILES string of the molecule is COc1ccc(NC(=O)/C(=C\c2ccc(Br)cc2)NC(=O)c2ccccc2F)cc1. The fraction of sp³-hybridized carbons (Fsp3) is 0.0435. The largest absolute Gasteiger partial charge is 0.497 e. The quantitative estimate of drug-likeness (QED) is 0.499. The number of ether oxygens (including phenoxy) is 1. The zero-order valence-electron chi connectivity index (χ0n) is 16.0. The minimum atomic E-state index is -0.721. The highest BCUT2D eigenvalue weighted by Crippen LogP contribution is 2.17. The molecule has 0 bridgehead atoms. The lowest BCUT2D eigenvalue weighted by Crippen LogP contribution is -2.31. The van der Waals surface area contributed by atoms with Gasteiger partial charge < -0.3 is 15.4 Å². The van der Waals surface area contributed by atoms with Gasteiger partial charge in [0, 0.05) is 10.2 Å². The van der Waals surface area contributed by atoms with Crippen LogP contribution in [0.1, 0.15) is 15.9 Å². The van der Waals surface area contributed by atoms with E-state index in [2.05, 4.69) is 26.6 Å². The molecule has 0 unspecified atom stereocenters. The number of carbonyl (C=O) groups excluding carboxylic acids is 2. The van der Waals surface area contributed by atoms with Gasteiger partial charge in [0.25, 0.3) is 11.8 Å². The second-order valence-corrected chi connectivity index (χ2v) is 7.14. The summed E-state index contributed by atoms with van der Waals surface area (Å²) in [6.07, 6.45) is 1.52. The van der Waals surface area contributed by atoms with Crippen LogP contribution < -0.4 is 15.4 Å². The first-order chi connectivity index (χ1) is 14.5. The third-order valence-corrected chi connectivity index (χ3v) is 4.67. The van der Waals surface area contributed by atoms with Gasteiger partial charge in [-0.05, 0) is 60.2 Å². The van der Waals surface area contributed by atoms with Crippen molar-refractivity contribution >= 4 is 39.5 Å². The van der Waals surface area contributed by atoms with Crippen LogP contribution in [0, 0.1) is 5.82 Å². The van der Waals surface area contributed by atoms with Gasteiger partial charge in [-0.3, -0.25) is 9.59 Å². The first-order valence-corrected chi connectivity index (χ1v) is 9.74. The Labute approximate surface area is 181 Å². The van der Waals surface area contributed by atoms with E-state index in [-0.39, 0.29) is 11.3 Å². The molecule has 0 aliphatic rings. The number of methoxy groups -OCH3 is 1. The number of hydrogen-bond acceptors (Lipinski definition) is 3. The molecule has 0 radical (unpaired) electrons. The van der Waals surface area contributed by atoms with Gasteiger partial charge in [0.1, 0.15) is 17.3 Å². The van der Waals surface area contributed by atoms with Crippen molar-refractivity contribution in [3.63, 3.8) is 0 Å². The number of amides is 2. The summed E-state index contributed by atoms with van der Waals surface area (Å²) >= 11 is 3.35. The van der Waals surface area contributed by atoms with Gasteiger partial charge in [-0.1, -0.05) is 40.2 Å². The summed E-state index contributed by atoms with van der Waals surface area (Å²) in [6, 6.07) is 19.5. The first kappa shape index (κ1) is 21.3. The summed E-state index contributed by atoms with van der Waals surface area (Å²) in [6.45, 7) is 0. The summed E-state index contributed by atoms with van der Waals surface area (Å²) in [7, 11) is 1.55. The Balaban J connectivity index is 1.88. The molecule has 0 aliphatic carbocycles. The van der Waals surface area contributed by atoms with Crippen molar-refractivity contribution in [1.82, 2.24) is 5.32 Å². The van der Waals surface area contributed by atoms with Crippen molar-refractivity contribution in [2.45, 2.75) is 0 Å². The molecule has 3 rings (SSSR count). The molecule has 7 heteroatoms. The van der Waals surface area contributed by atoms with Gasteiger partial charge in [-0.25, -0.2) is 4.39 Å². The maximum Gasteiger partial charge on any atom is 0.272 e. The molecule has 30 heavy (non-hydrogen) atoms. The predicted octanol–water partition coefficient (Wildman–Crippen LogP) is 5.01. The molecule has 0 aromatic heterocycles. The lowest BCUT2D eigenvalue weighted by atomic mass is 10.1. The number of nitrogens with one attached hydrogen (secondary N) is 2. The number of rotatable bonds is 6. The molecule has 5 nitrogen and oxygen atoms in total. The second-order valence-electron chi connectivity index (χ2n) is 6.23. The fourth-order valence-corrected chi connectivity index (χ4v) is 2.86. The molecule has 3 aromatic rings. The average molecular weight is 469 g/mol. The number of halogens is 2. The first-order valence-electron chi connectivity index (χ1n) is 8.95. The number of hydrogen-bond donors (Lipinski definition) is 2. The molecular weight excluding hydrogens is 451 g/mol. The van der Waals surface area contributed by atoms with Crippen LogP contribution in [0.4, 0.5) is 10.1 Å². The van der Waals surface area contributed by atoms with Gasteiger partial charge in [0.15, 0.2) is 0 Å². The number of anilines is 1. The highest BCUT2D eigenvalue weighted by atomic mass is 79.9. The molecule has 0 saturated carbocycles. The second kappa shape index (κ2) is 9.84. The van der Waals surface area contributed by atoms with E-state index in [1.807, 2.05) is 12.1 Å². The summed E-state index contributed by atoms with van der Waals surface area (Å²) < 4.78 is 20.0. The van der Waals surface area contributed by atoms with Crippen molar-refractivity contribution in [2.24, 2.45) is 0 Å². The third kappa shape index (κ3) is 5.55. The number of carbonyl (C=O) groups is 2. The van der Waals surface area contributed by atoms with Crippen LogP contribution in [0.3, 0.4) is 0 Å². The van der Waals surface area contributed by atoms with E-state index in [0.717, 1.165) is 4.47 Å². The van der Waals surface area contributed by atoms with Gasteiger partial charge in [0.05, 0.1) is 12.7 Å². The Kier molecular flexibility index (Phi) is 6.98. The van der Waals surface area contributed by atoms with Gasteiger partial charge >= 0.3 is 0 Å². The normalized spacial score (nSPS) is 11.0. The Hall–Kier alpha value is -3.45. The molecule has 0 atom stereocenters. The summed E-state index contributed by atoms with van der Waals surface area (Å²) in [5.74, 6) is -1.30. The Morgan fingerprint density at radius 2 is 1.63 bits per heavy atom. The van der Waals surface area contributed by atoms with Crippen molar-refractivity contribution in [3.05, 3.63) is 99.9 Å². The van der Waals surface area contributed by atoms with Gasteiger partial charge in [0.2, 0.25) is 0 Å². The van der Waals surface area contributed by atoms with Crippen LogP contribution in [-0.4, -0.2) is 18.9 Å². The van der Waals surface area contributed by atoms with E-state index >= 15 is 0 Å². The number of benzene rings is 3. The van der Waals surface area contributed by atoms with Crippen LogP contribution >= 0.6 is 15.9 Å². The highest BCUT2D eigenvalue weighted by Gasteiger charge is 2.17. The van der Waals surface area contributed by atoms with E-state index in [1.165, 1.54) is 24.3 Å². The Morgan fingerprint density at radius 1 is 0.967 bits per heavy atom. The zero-order valence-corrected chi connectivity index (χ0v) is 17.6. The monoisotopic (exact) mass is 468 g/mol. The standard InChI is InChI=1S/C23H18BrFN2O3/c1-30-18-12-10-17(11-13-18)26-23(29)21(14-15-6-8-16(24)9-7-15)27-22(28)19-4-2-3-5-20(19)25/h2-14H,1H3,(H,26,29)(H,27,28)/b21-14+.